The average Bonchev–Trinajstić information content (AvgIpc) is 2.77. The van der Waals surface area contributed by atoms with Gasteiger partial charge in [0.25, 0.3) is 0 Å². The van der Waals surface area contributed by atoms with Crippen LogP contribution in [0, 0.1) is 5.82 Å². The predicted molar refractivity (Wildman–Crippen MR) is 117 cm³/mol. The molecular formula is C26H23FO2. The number of carbonyl (C=O) groups is 1. The summed E-state index contributed by atoms with van der Waals surface area (Å²) in [6.07, 6.45) is 3.95. The van der Waals surface area contributed by atoms with Crippen molar-refractivity contribution in [2.45, 2.75) is 13.3 Å². The van der Waals surface area contributed by atoms with Gasteiger partial charge in [0.1, 0.15) is 5.82 Å². The van der Waals surface area contributed by atoms with Crippen LogP contribution < -0.4 is 0 Å². The van der Waals surface area contributed by atoms with Crippen LogP contribution >= 0.6 is 0 Å². The molecule has 0 spiro atoms. The van der Waals surface area contributed by atoms with Gasteiger partial charge in [-0.25, -0.2) is 9.18 Å². The van der Waals surface area contributed by atoms with Crippen LogP contribution in [0.3, 0.4) is 0 Å². The Hall–Kier alpha value is -3.46. The number of esters is 1. The molecule has 0 N–H and O–H groups in total. The molecule has 0 fully saturated rings. The zero-order valence-electron chi connectivity index (χ0n) is 16.6. The molecule has 0 aromatic heterocycles. The number of carbonyl (C=O) groups excluding carboxylic acids is 1. The largest absolute Gasteiger partial charge is 0.466 e. The molecule has 2 nitrogen and oxygen atoms in total. The minimum absolute atomic E-state index is 0.255. The van der Waals surface area contributed by atoms with E-state index < -0.39 is 5.97 Å². The van der Waals surface area contributed by atoms with E-state index in [0.717, 1.165) is 34.2 Å². The molecule has 0 bridgehead atoms. The van der Waals surface area contributed by atoms with Crippen LogP contribution in [0.25, 0.3) is 17.2 Å². The van der Waals surface area contributed by atoms with E-state index in [0.29, 0.717) is 0 Å². The molecule has 0 amide bonds. The highest BCUT2D eigenvalue weighted by atomic mass is 19.1. The third-order valence-electron chi connectivity index (χ3n) is 4.72. The lowest BCUT2D eigenvalue weighted by Crippen LogP contribution is -1.96. The third kappa shape index (κ3) is 5.08. The Bertz CT molecular complexity index is 1010. The molecule has 3 aromatic carbocycles. The molecule has 29 heavy (non-hydrogen) atoms. The summed E-state index contributed by atoms with van der Waals surface area (Å²) in [5.41, 5.74) is 6.30. The number of halogens is 1. The minimum Gasteiger partial charge on any atom is -0.466 e. The molecule has 3 rings (SSSR count). The Balaban J connectivity index is 2.11. The van der Waals surface area contributed by atoms with Crippen LogP contribution in [-0.4, -0.2) is 13.1 Å². The van der Waals surface area contributed by atoms with Gasteiger partial charge < -0.3 is 4.74 Å². The second-order valence-electron chi connectivity index (χ2n) is 6.56. The summed E-state index contributed by atoms with van der Waals surface area (Å²) in [4.78, 5) is 11.3. The lowest BCUT2D eigenvalue weighted by atomic mass is 9.88. The molecule has 0 unspecified atom stereocenters. The molecule has 3 aromatic rings. The van der Waals surface area contributed by atoms with E-state index in [2.05, 4.69) is 23.8 Å². The van der Waals surface area contributed by atoms with Crippen LogP contribution in [0.2, 0.25) is 0 Å². The van der Waals surface area contributed by atoms with Crippen molar-refractivity contribution in [2.24, 2.45) is 0 Å². The second-order valence-corrected chi connectivity index (χ2v) is 6.56. The van der Waals surface area contributed by atoms with Gasteiger partial charge in [-0.1, -0.05) is 73.7 Å². The fraction of sp³-hybridized carbons (Fsp3) is 0.115. The Morgan fingerprint density at radius 2 is 1.45 bits per heavy atom. The monoisotopic (exact) mass is 386 g/mol. The topological polar surface area (TPSA) is 26.3 Å². The Morgan fingerprint density at radius 3 is 2.00 bits per heavy atom. The van der Waals surface area contributed by atoms with Gasteiger partial charge >= 0.3 is 5.97 Å². The van der Waals surface area contributed by atoms with Crippen molar-refractivity contribution in [2.75, 3.05) is 7.11 Å². The van der Waals surface area contributed by atoms with Gasteiger partial charge in [-0.3, -0.25) is 0 Å². The van der Waals surface area contributed by atoms with Gasteiger partial charge in [0.05, 0.1) is 7.11 Å². The summed E-state index contributed by atoms with van der Waals surface area (Å²) in [7, 11) is 1.35. The molecule has 146 valence electrons. The fourth-order valence-electron chi connectivity index (χ4n) is 3.29. The van der Waals surface area contributed by atoms with E-state index in [1.165, 1.54) is 30.9 Å². The molecule has 0 atom stereocenters. The van der Waals surface area contributed by atoms with Crippen LogP contribution in [-0.2, 0) is 9.53 Å². The zero-order chi connectivity index (χ0) is 20.6. The van der Waals surface area contributed by atoms with E-state index in [1.807, 2.05) is 54.6 Å². The molecule has 0 saturated carbocycles. The van der Waals surface area contributed by atoms with Crippen molar-refractivity contribution < 1.29 is 13.9 Å². The minimum atomic E-state index is -0.390. The molecule has 0 aliphatic carbocycles. The first-order valence-corrected chi connectivity index (χ1v) is 9.53. The van der Waals surface area contributed by atoms with Crippen molar-refractivity contribution >= 4 is 23.2 Å². The van der Waals surface area contributed by atoms with Gasteiger partial charge in [-0.15, -0.1) is 0 Å². The predicted octanol–water partition coefficient (Wildman–Crippen LogP) is 6.38. The first-order chi connectivity index (χ1) is 14.1. The SMILES string of the molecule is CCC(=C(c1ccc(F)cc1)c1ccc(C=CC(=O)OC)cc1)c1ccccc1. The zero-order valence-corrected chi connectivity index (χ0v) is 16.6. The molecule has 0 radical (unpaired) electrons. The summed E-state index contributed by atoms with van der Waals surface area (Å²) in [6, 6.07) is 24.8. The molecule has 0 aliphatic heterocycles. The number of ether oxygens (including phenoxy) is 1. The van der Waals surface area contributed by atoms with Crippen molar-refractivity contribution in [1.82, 2.24) is 0 Å². The lowest BCUT2D eigenvalue weighted by molar-refractivity contribution is -0.134. The highest BCUT2D eigenvalue weighted by molar-refractivity contribution is 5.98. The first kappa shape index (κ1) is 20.3. The Labute approximate surface area is 171 Å². The van der Waals surface area contributed by atoms with E-state index in [9.17, 15) is 9.18 Å². The summed E-state index contributed by atoms with van der Waals surface area (Å²) in [6.45, 7) is 2.12. The third-order valence-corrected chi connectivity index (χ3v) is 4.72. The van der Waals surface area contributed by atoms with Crippen LogP contribution in [0.5, 0.6) is 0 Å². The van der Waals surface area contributed by atoms with E-state index in [4.69, 9.17) is 0 Å². The average molecular weight is 386 g/mol. The maximum Gasteiger partial charge on any atom is 0.330 e. The summed E-state index contributed by atoms with van der Waals surface area (Å²) in [5, 5.41) is 0. The van der Waals surface area contributed by atoms with Gasteiger partial charge in [-0.2, -0.15) is 0 Å². The highest BCUT2D eigenvalue weighted by Gasteiger charge is 2.13. The smallest absolute Gasteiger partial charge is 0.330 e. The number of methoxy groups -OCH3 is 1. The number of rotatable bonds is 6. The number of hydrogen-bond acceptors (Lipinski definition) is 2. The van der Waals surface area contributed by atoms with Crippen LogP contribution in [0.4, 0.5) is 4.39 Å². The van der Waals surface area contributed by atoms with Gasteiger partial charge in [0, 0.05) is 6.08 Å². The highest BCUT2D eigenvalue weighted by Crippen LogP contribution is 2.34. The summed E-state index contributed by atoms with van der Waals surface area (Å²) in [5.74, 6) is -0.646. The second kappa shape index (κ2) is 9.65. The van der Waals surface area contributed by atoms with E-state index >= 15 is 0 Å². The first-order valence-electron chi connectivity index (χ1n) is 9.53. The van der Waals surface area contributed by atoms with Gasteiger partial charge in [0.15, 0.2) is 0 Å². The molecule has 0 heterocycles. The summed E-state index contributed by atoms with van der Waals surface area (Å²) >= 11 is 0. The molecular weight excluding hydrogens is 363 g/mol. The van der Waals surface area contributed by atoms with Crippen molar-refractivity contribution in [3.63, 3.8) is 0 Å². The fourth-order valence-corrected chi connectivity index (χ4v) is 3.29. The normalized spacial score (nSPS) is 12.0. The van der Waals surface area contributed by atoms with Crippen LogP contribution in [0.15, 0.2) is 84.9 Å². The van der Waals surface area contributed by atoms with Crippen molar-refractivity contribution in [3.8, 4) is 0 Å². The lowest BCUT2D eigenvalue weighted by Gasteiger charge is -2.16. The van der Waals surface area contributed by atoms with Gasteiger partial charge in [-0.05, 0) is 58.0 Å². The summed E-state index contributed by atoms with van der Waals surface area (Å²) < 4.78 is 18.2. The van der Waals surface area contributed by atoms with E-state index in [1.54, 1.807) is 6.08 Å². The van der Waals surface area contributed by atoms with Crippen molar-refractivity contribution in [1.29, 1.82) is 0 Å². The van der Waals surface area contributed by atoms with Gasteiger partial charge in [0.2, 0.25) is 0 Å². The Kier molecular flexibility index (Phi) is 6.75. The van der Waals surface area contributed by atoms with Crippen LogP contribution in [0.1, 0.15) is 35.6 Å². The number of benzene rings is 3. The molecule has 0 saturated heterocycles. The van der Waals surface area contributed by atoms with Crippen molar-refractivity contribution in [3.05, 3.63) is 113 Å². The molecule has 3 heteroatoms. The quantitative estimate of drug-likeness (QED) is 0.279. The standard InChI is InChI=1S/C26H23FO2/c1-3-24(20-7-5-4-6-8-20)26(22-14-16-23(27)17-15-22)21-12-9-19(10-13-21)11-18-25(28)29-2/h4-18H,3H2,1-2H3. The Morgan fingerprint density at radius 1 is 0.862 bits per heavy atom. The number of allylic oxidation sites excluding steroid dienone is 1. The maximum atomic E-state index is 13.5. The molecule has 0 aliphatic rings. The number of hydrogen-bond donors (Lipinski definition) is 0. The maximum absolute atomic E-state index is 13.5. The van der Waals surface area contributed by atoms with E-state index in [-0.39, 0.29) is 5.82 Å².